The highest BCUT2D eigenvalue weighted by atomic mass is 32.1. The van der Waals surface area contributed by atoms with Crippen molar-refractivity contribution in [2.75, 3.05) is 0 Å². The van der Waals surface area contributed by atoms with Crippen molar-refractivity contribution in [2.24, 2.45) is 0 Å². The molecule has 6 aromatic rings. The van der Waals surface area contributed by atoms with E-state index in [0.29, 0.717) is 17.8 Å². The molecule has 0 saturated heterocycles. The molecule has 0 bridgehead atoms. The van der Waals surface area contributed by atoms with Gasteiger partial charge in [0.15, 0.2) is 0 Å². The highest BCUT2D eigenvalue weighted by molar-refractivity contribution is 7.17. The number of rotatable bonds is 3. The molecule has 0 spiro atoms. The zero-order valence-corrected chi connectivity index (χ0v) is 24.1. The average Bonchev–Trinajstić information content (AvgIpc) is 3.58. The van der Waals surface area contributed by atoms with Crippen LogP contribution in [0.15, 0.2) is 83.9 Å². The summed E-state index contributed by atoms with van der Waals surface area (Å²) in [6, 6.07) is 23.2. The van der Waals surface area contributed by atoms with Crippen LogP contribution in [-0.4, -0.2) is 15.0 Å². The molecule has 5 heteroatoms. The van der Waals surface area contributed by atoms with E-state index in [4.69, 9.17) is 0 Å². The molecule has 0 radical (unpaired) electrons. The molecule has 0 aliphatic carbocycles. The third-order valence-electron chi connectivity index (χ3n) is 6.27. The third-order valence-corrected chi connectivity index (χ3v) is 7.95. The Morgan fingerprint density at radius 2 is 1.27 bits per heavy atom. The summed E-state index contributed by atoms with van der Waals surface area (Å²) < 4.78 is 2.63. The molecule has 0 unspecified atom stereocenters. The molecule has 0 fully saturated rings. The van der Waals surface area contributed by atoms with E-state index in [0.717, 1.165) is 5.52 Å². The molecular weight excluding hydrogens is 491 g/mol. The Hall–Kier alpha value is -3.15. The summed E-state index contributed by atoms with van der Waals surface area (Å²) >= 11 is 3.44. The van der Waals surface area contributed by atoms with Crippen molar-refractivity contribution in [2.45, 2.75) is 59.3 Å². The molecule has 6 rings (SSSR count). The van der Waals surface area contributed by atoms with Crippen LogP contribution >= 0.6 is 22.7 Å². The van der Waals surface area contributed by atoms with E-state index < -0.39 is 0 Å². The minimum Gasteiger partial charge on any atom is -0.260 e. The van der Waals surface area contributed by atoms with Crippen molar-refractivity contribution in [3.8, 4) is 0 Å². The minimum atomic E-state index is 0.504. The van der Waals surface area contributed by atoms with Gasteiger partial charge in [-0.25, -0.2) is 9.97 Å². The monoisotopic (exact) mass is 525 g/mol. The van der Waals surface area contributed by atoms with Gasteiger partial charge in [0.2, 0.25) is 0 Å². The van der Waals surface area contributed by atoms with E-state index in [9.17, 15) is 0 Å². The average molecular weight is 526 g/mol. The maximum atomic E-state index is 4.41. The molecule has 0 aliphatic rings. The number of benzene rings is 3. The highest BCUT2D eigenvalue weighted by Gasteiger charge is 2.06. The summed E-state index contributed by atoms with van der Waals surface area (Å²) in [5.74, 6) is 1.66. The van der Waals surface area contributed by atoms with Gasteiger partial charge in [-0.2, -0.15) is 0 Å². The fraction of sp³-hybridized carbons (Fsp3) is 0.281. The summed E-state index contributed by atoms with van der Waals surface area (Å²) in [6.07, 6.45) is 1.95. The summed E-state index contributed by atoms with van der Waals surface area (Å²) in [6.45, 7) is 13.2. The van der Waals surface area contributed by atoms with Crippen molar-refractivity contribution in [3.63, 3.8) is 0 Å². The van der Waals surface area contributed by atoms with Crippen LogP contribution in [0.1, 0.15) is 76.1 Å². The largest absolute Gasteiger partial charge is 0.260 e. The van der Waals surface area contributed by atoms with Crippen molar-refractivity contribution >= 4 is 53.9 Å². The topological polar surface area (TPSA) is 38.7 Å². The maximum Gasteiger partial charge on any atom is 0.0846 e. The number of para-hydroxylation sites is 1. The van der Waals surface area contributed by atoms with Gasteiger partial charge >= 0.3 is 0 Å². The standard InChI is InChI=1S/C12H13N.2C10H11NS/c1-9(2)12-7-10-5-3-4-6-11(10)8-13-12;1-7(2)8-4-3-5-9-10(8)11-6-12-9;1-7(2)8-4-3-5-9-10(8)12-6-11-9/h3-9H,1-2H3;2*3-7H,1-2H3. The first kappa shape index (κ1) is 26.9. The number of nitrogens with zero attached hydrogens (tertiary/aromatic N) is 3. The number of hydrogen-bond donors (Lipinski definition) is 0. The summed E-state index contributed by atoms with van der Waals surface area (Å²) in [5.41, 5.74) is 10.1. The number of fused-ring (bicyclic) bond motifs is 3. The first-order chi connectivity index (χ1) is 17.8. The molecule has 37 heavy (non-hydrogen) atoms. The van der Waals surface area contributed by atoms with E-state index in [2.05, 4.69) is 117 Å². The lowest BCUT2D eigenvalue weighted by molar-refractivity contribution is 0.826. The van der Waals surface area contributed by atoms with Gasteiger partial charge in [0, 0.05) is 17.3 Å². The predicted octanol–water partition coefficient (Wildman–Crippen LogP) is 10.2. The van der Waals surface area contributed by atoms with Crippen LogP contribution in [0.3, 0.4) is 0 Å². The number of hydrogen-bond acceptors (Lipinski definition) is 5. The van der Waals surface area contributed by atoms with E-state index in [1.165, 1.54) is 42.5 Å². The summed E-state index contributed by atoms with van der Waals surface area (Å²) in [5, 5.41) is 2.49. The first-order valence-corrected chi connectivity index (χ1v) is 14.6. The smallest absolute Gasteiger partial charge is 0.0846 e. The molecular formula is C32H35N3S2. The lowest BCUT2D eigenvalue weighted by Gasteiger charge is -2.04. The second-order valence-corrected chi connectivity index (χ2v) is 11.8. The van der Waals surface area contributed by atoms with Gasteiger partial charge in [-0.1, -0.05) is 90.1 Å². The maximum absolute atomic E-state index is 4.41. The van der Waals surface area contributed by atoms with Crippen molar-refractivity contribution in [3.05, 3.63) is 101 Å². The van der Waals surface area contributed by atoms with Crippen LogP contribution in [0.5, 0.6) is 0 Å². The van der Waals surface area contributed by atoms with E-state index in [-0.39, 0.29) is 0 Å². The molecule has 190 valence electrons. The minimum absolute atomic E-state index is 0.504. The number of aromatic nitrogens is 3. The van der Waals surface area contributed by atoms with E-state index in [1.54, 1.807) is 22.7 Å². The Morgan fingerprint density at radius 1 is 0.595 bits per heavy atom. The van der Waals surface area contributed by atoms with Crippen LogP contribution in [0.25, 0.3) is 31.2 Å². The van der Waals surface area contributed by atoms with Gasteiger partial charge in [0.25, 0.3) is 0 Å². The van der Waals surface area contributed by atoms with Crippen LogP contribution in [0.2, 0.25) is 0 Å². The molecule has 3 aromatic heterocycles. The van der Waals surface area contributed by atoms with Gasteiger partial charge in [-0.3, -0.25) is 4.98 Å². The van der Waals surface area contributed by atoms with Gasteiger partial charge < -0.3 is 0 Å². The Bertz CT molecular complexity index is 1500. The predicted molar refractivity (Wildman–Crippen MR) is 163 cm³/mol. The van der Waals surface area contributed by atoms with Crippen LogP contribution in [-0.2, 0) is 0 Å². The molecule has 0 aliphatic heterocycles. The van der Waals surface area contributed by atoms with Crippen LogP contribution < -0.4 is 0 Å². The van der Waals surface area contributed by atoms with Crippen LogP contribution in [0.4, 0.5) is 0 Å². The summed E-state index contributed by atoms with van der Waals surface area (Å²) in [7, 11) is 0. The lowest BCUT2D eigenvalue weighted by Crippen LogP contribution is -1.91. The Morgan fingerprint density at radius 3 is 2.00 bits per heavy atom. The molecule has 0 atom stereocenters. The number of pyridine rings is 1. The first-order valence-electron chi connectivity index (χ1n) is 12.8. The quantitative estimate of drug-likeness (QED) is 0.231. The molecule has 3 heterocycles. The van der Waals surface area contributed by atoms with Gasteiger partial charge in [-0.05, 0) is 52.5 Å². The fourth-order valence-electron chi connectivity index (χ4n) is 4.15. The Balaban J connectivity index is 0.000000130. The van der Waals surface area contributed by atoms with E-state index in [1.807, 2.05) is 23.3 Å². The van der Waals surface area contributed by atoms with Gasteiger partial charge in [0.05, 0.1) is 31.5 Å². The van der Waals surface area contributed by atoms with Gasteiger partial charge in [0.1, 0.15) is 0 Å². The Labute approximate surface area is 228 Å². The highest BCUT2D eigenvalue weighted by Crippen LogP contribution is 2.28. The van der Waals surface area contributed by atoms with Crippen LogP contribution in [0, 0.1) is 0 Å². The zero-order valence-electron chi connectivity index (χ0n) is 22.5. The third kappa shape index (κ3) is 6.60. The molecule has 0 amide bonds. The van der Waals surface area contributed by atoms with E-state index >= 15 is 0 Å². The van der Waals surface area contributed by atoms with Crippen molar-refractivity contribution < 1.29 is 0 Å². The molecule has 3 nitrogen and oxygen atoms in total. The van der Waals surface area contributed by atoms with Crippen molar-refractivity contribution in [1.29, 1.82) is 0 Å². The number of thiazole rings is 2. The second-order valence-electron chi connectivity index (χ2n) is 10.0. The zero-order chi connectivity index (χ0) is 26.4. The van der Waals surface area contributed by atoms with Crippen molar-refractivity contribution in [1.82, 2.24) is 15.0 Å². The second kappa shape index (κ2) is 12.4. The SMILES string of the molecule is CC(C)c1cc2ccccc2cn1.CC(C)c1cccc2ncsc12.CC(C)c1cccc2scnc12. The normalized spacial score (nSPS) is 11.2. The lowest BCUT2D eigenvalue weighted by atomic mass is 10.0. The summed E-state index contributed by atoms with van der Waals surface area (Å²) in [4.78, 5) is 13.0. The fourth-order valence-corrected chi connectivity index (χ4v) is 5.82. The molecule has 3 aromatic carbocycles. The van der Waals surface area contributed by atoms with Gasteiger partial charge in [-0.15, -0.1) is 22.7 Å². The Kier molecular flexibility index (Phi) is 9.01. The molecule has 0 N–H and O–H groups in total. The molecule has 0 saturated carbocycles.